The van der Waals surface area contributed by atoms with Gasteiger partial charge in [-0.25, -0.2) is 0 Å². The summed E-state index contributed by atoms with van der Waals surface area (Å²) in [6.45, 7) is 7.88. The van der Waals surface area contributed by atoms with Crippen LogP contribution in [0.1, 0.15) is 24.9 Å². The van der Waals surface area contributed by atoms with Gasteiger partial charge in [-0.1, -0.05) is 0 Å². The number of hydrogen-bond acceptors (Lipinski definition) is 6. The Balaban J connectivity index is 0.000000817. The maximum absolute atomic E-state index is 12.1. The van der Waals surface area contributed by atoms with Gasteiger partial charge in [-0.05, 0) is 26.6 Å². The number of morpholine rings is 1. The van der Waals surface area contributed by atoms with Crippen molar-refractivity contribution in [3.05, 3.63) is 18.0 Å². The topological polar surface area (TPSA) is 91.1 Å². The van der Waals surface area contributed by atoms with E-state index in [1.165, 1.54) is 6.42 Å². The molecule has 2 saturated heterocycles. The van der Waals surface area contributed by atoms with Gasteiger partial charge in [0.1, 0.15) is 0 Å². The van der Waals surface area contributed by atoms with E-state index < -0.39 is 0 Å². The first-order valence-electron chi connectivity index (χ1n) is 9.32. The molecular formula is C18H31N5O4. The largest absolute Gasteiger partial charge is 0.483 e. The molecule has 0 aromatic carbocycles. The number of amides is 1. The van der Waals surface area contributed by atoms with Crippen molar-refractivity contribution in [2.45, 2.75) is 25.5 Å². The lowest BCUT2D eigenvalue weighted by Gasteiger charge is -2.42. The summed E-state index contributed by atoms with van der Waals surface area (Å²) in [4.78, 5) is 27.3. The van der Waals surface area contributed by atoms with Gasteiger partial charge in [0.15, 0.2) is 0 Å². The Labute approximate surface area is 160 Å². The van der Waals surface area contributed by atoms with E-state index in [2.05, 4.69) is 21.9 Å². The summed E-state index contributed by atoms with van der Waals surface area (Å²) in [6.07, 6.45) is 5.03. The van der Waals surface area contributed by atoms with Gasteiger partial charge in [-0.15, -0.1) is 0 Å². The normalized spacial score (nSPS) is 24.6. The van der Waals surface area contributed by atoms with Crippen molar-refractivity contribution in [1.82, 2.24) is 24.5 Å². The summed E-state index contributed by atoms with van der Waals surface area (Å²) >= 11 is 0. The predicted molar refractivity (Wildman–Crippen MR) is 100 cm³/mol. The Morgan fingerprint density at radius 2 is 2.04 bits per heavy atom. The fraction of sp³-hybridized carbons (Fsp3) is 0.722. The van der Waals surface area contributed by atoms with Crippen LogP contribution in [0.25, 0.3) is 0 Å². The van der Waals surface area contributed by atoms with Gasteiger partial charge in [0.25, 0.3) is 6.47 Å². The molecular weight excluding hydrogens is 350 g/mol. The number of nitrogens with zero attached hydrogens (tertiary/aromatic N) is 5. The third-order valence-corrected chi connectivity index (χ3v) is 5.07. The summed E-state index contributed by atoms with van der Waals surface area (Å²) in [5.41, 5.74) is 1.06. The average molecular weight is 381 g/mol. The van der Waals surface area contributed by atoms with Crippen LogP contribution in [0, 0.1) is 0 Å². The molecule has 3 heterocycles. The molecule has 0 spiro atoms. The molecule has 9 heteroatoms. The van der Waals surface area contributed by atoms with E-state index in [1.807, 2.05) is 24.3 Å². The van der Waals surface area contributed by atoms with Crippen molar-refractivity contribution in [2.24, 2.45) is 7.05 Å². The monoisotopic (exact) mass is 381 g/mol. The Morgan fingerprint density at radius 1 is 1.30 bits per heavy atom. The second-order valence-corrected chi connectivity index (χ2v) is 7.08. The Hall–Kier alpha value is -1.97. The number of aryl methyl sites for hydroxylation is 1. The SMILES string of the molecule is CC(=O)N1CCO[C@@H](CN2CCCN(C)CC2)[C@@H]1c1cnn(C)c1.O=CO. The lowest BCUT2D eigenvalue weighted by atomic mass is 10.00. The number of hydrogen-bond donors (Lipinski definition) is 1. The van der Waals surface area contributed by atoms with E-state index in [0.717, 1.165) is 38.3 Å². The number of carbonyl (C=O) groups is 2. The fourth-order valence-corrected chi connectivity index (χ4v) is 3.76. The first kappa shape index (κ1) is 21.3. The zero-order valence-electron chi connectivity index (χ0n) is 16.5. The molecule has 3 rings (SSSR count). The van der Waals surface area contributed by atoms with Crippen LogP contribution in [-0.2, 0) is 21.4 Å². The molecule has 0 aliphatic carbocycles. The third-order valence-electron chi connectivity index (χ3n) is 5.07. The summed E-state index contributed by atoms with van der Waals surface area (Å²) < 4.78 is 7.91. The van der Waals surface area contributed by atoms with Crippen LogP contribution in [0.15, 0.2) is 12.4 Å². The molecule has 0 saturated carbocycles. The second-order valence-electron chi connectivity index (χ2n) is 7.08. The van der Waals surface area contributed by atoms with Crippen molar-refractivity contribution >= 4 is 12.4 Å². The first-order chi connectivity index (χ1) is 13.0. The molecule has 152 valence electrons. The van der Waals surface area contributed by atoms with E-state index in [1.54, 1.807) is 11.6 Å². The summed E-state index contributed by atoms with van der Waals surface area (Å²) in [5.74, 6) is 0.104. The molecule has 2 aliphatic rings. The molecule has 9 nitrogen and oxygen atoms in total. The first-order valence-corrected chi connectivity index (χ1v) is 9.32. The summed E-state index contributed by atoms with van der Waals surface area (Å²) in [7, 11) is 4.08. The van der Waals surface area contributed by atoms with E-state index in [9.17, 15) is 4.79 Å². The van der Waals surface area contributed by atoms with Crippen LogP contribution in [0.3, 0.4) is 0 Å². The minimum Gasteiger partial charge on any atom is -0.483 e. The van der Waals surface area contributed by atoms with Crippen molar-refractivity contribution in [3.8, 4) is 0 Å². The molecule has 2 fully saturated rings. The quantitative estimate of drug-likeness (QED) is 0.740. The molecule has 2 atom stereocenters. The van der Waals surface area contributed by atoms with E-state index >= 15 is 0 Å². The number of carboxylic acid groups (broad SMARTS) is 1. The Bertz CT molecular complexity index is 608. The van der Waals surface area contributed by atoms with Gasteiger partial charge in [0.05, 0.1) is 24.9 Å². The predicted octanol–water partition coefficient (Wildman–Crippen LogP) is 0.0468. The zero-order valence-corrected chi connectivity index (χ0v) is 16.5. The smallest absolute Gasteiger partial charge is 0.290 e. The van der Waals surface area contributed by atoms with Crippen LogP contribution >= 0.6 is 0 Å². The number of ether oxygens (including phenoxy) is 1. The van der Waals surface area contributed by atoms with Crippen molar-refractivity contribution in [1.29, 1.82) is 0 Å². The number of likely N-dealkylation sites (N-methyl/N-ethyl adjacent to an activating group) is 1. The van der Waals surface area contributed by atoms with E-state index in [4.69, 9.17) is 14.6 Å². The van der Waals surface area contributed by atoms with Crippen molar-refractivity contribution < 1.29 is 19.4 Å². The maximum atomic E-state index is 12.1. The van der Waals surface area contributed by atoms with Crippen LogP contribution in [0.2, 0.25) is 0 Å². The molecule has 1 amide bonds. The van der Waals surface area contributed by atoms with Gasteiger partial charge >= 0.3 is 0 Å². The molecule has 2 aliphatic heterocycles. The number of carbonyl (C=O) groups excluding carboxylic acids is 1. The molecule has 27 heavy (non-hydrogen) atoms. The Kier molecular flexibility index (Phi) is 8.21. The van der Waals surface area contributed by atoms with Gasteiger partial charge in [-0.3, -0.25) is 19.2 Å². The minimum absolute atomic E-state index is 0.00439. The van der Waals surface area contributed by atoms with Crippen molar-refractivity contribution in [3.63, 3.8) is 0 Å². The number of aromatic nitrogens is 2. The highest BCUT2D eigenvalue weighted by Gasteiger charge is 2.37. The van der Waals surface area contributed by atoms with Gasteiger partial charge in [0, 0.05) is 51.9 Å². The lowest BCUT2D eigenvalue weighted by molar-refractivity contribution is -0.146. The molecule has 1 aromatic heterocycles. The summed E-state index contributed by atoms with van der Waals surface area (Å²) in [6, 6.07) is -0.0501. The maximum Gasteiger partial charge on any atom is 0.290 e. The van der Waals surface area contributed by atoms with Gasteiger partial charge in [-0.2, -0.15) is 5.10 Å². The van der Waals surface area contributed by atoms with E-state index in [0.29, 0.717) is 13.2 Å². The Morgan fingerprint density at radius 3 is 2.67 bits per heavy atom. The number of rotatable bonds is 3. The standard InChI is InChI=1S/C17H29N5O2.CH2O2/c1-14(23)22-9-10-24-16(17(22)15-11-18-20(3)12-15)13-21-6-4-5-19(2)7-8-21;2-1-3/h11-12,16-17H,4-10,13H2,1-3H3;1H,(H,2,3)/t16-,17-;/m0./s1. The zero-order chi connectivity index (χ0) is 19.8. The van der Waals surface area contributed by atoms with Gasteiger partial charge < -0.3 is 19.6 Å². The molecule has 0 bridgehead atoms. The highest BCUT2D eigenvalue weighted by atomic mass is 16.5. The molecule has 1 N–H and O–H groups in total. The summed E-state index contributed by atoms with van der Waals surface area (Å²) in [5, 5.41) is 11.2. The van der Waals surface area contributed by atoms with Crippen LogP contribution in [0.5, 0.6) is 0 Å². The average Bonchev–Trinajstić information content (AvgIpc) is 2.95. The van der Waals surface area contributed by atoms with Gasteiger partial charge in [0.2, 0.25) is 5.91 Å². The third kappa shape index (κ3) is 6.02. The van der Waals surface area contributed by atoms with Crippen molar-refractivity contribution in [2.75, 3.05) is 52.9 Å². The molecule has 1 aromatic rings. The fourth-order valence-electron chi connectivity index (χ4n) is 3.76. The minimum atomic E-state index is -0.250. The van der Waals surface area contributed by atoms with Crippen LogP contribution < -0.4 is 0 Å². The lowest BCUT2D eigenvalue weighted by Crippen LogP contribution is -2.51. The van der Waals surface area contributed by atoms with Crippen LogP contribution in [0.4, 0.5) is 0 Å². The highest BCUT2D eigenvalue weighted by Crippen LogP contribution is 2.30. The molecule has 0 unspecified atom stereocenters. The highest BCUT2D eigenvalue weighted by molar-refractivity contribution is 5.74. The van der Waals surface area contributed by atoms with Crippen LogP contribution in [-0.4, -0.2) is 101 Å². The molecule has 0 radical (unpaired) electrons. The van der Waals surface area contributed by atoms with E-state index in [-0.39, 0.29) is 24.5 Å². The second kappa shape index (κ2) is 10.4.